The van der Waals surface area contributed by atoms with Gasteiger partial charge in [0.1, 0.15) is 11.9 Å². The fraction of sp³-hybridized carbons (Fsp3) is 0.375. The number of pyridine rings is 2. The van der Waals surface area contributed by atoms with E-state index in [4.69, 9.17) is 9.72 Å². The summed E-state index contributed by atoms with van der Waals surface area (Å²) >= 11 is 0. The van der Waals surface area contributed by atoms with Gasteiger partial charge in [0.25, 0.3) is 5.56 Å². The molecule has 8 heteroatoms. The molecule has 3 aromatic rings. The van der Waals surface area contributed by atoms with Gasteiger partial charge in [-0.15, -0.1) is 0 Å². The lowest BCUT2D eigenvalue weighted by atomic mass is 9.91. The van der Waals surface area contributed by atoms with Gasteiger partial charge in [-0.25, -0.2) is 9.67 Å². The van der Waals surface area contributed by atoms with Crippen molar-refractivity contribution in [3.05, 3.63) is 69.9 Å². The summed E-state index contributed by atoms with van der Waals surface area (Å²) in [6.07, 6.45) is 7.66. The smallest absolute Gasteiger partial charge is 0.267 e. The first kappa shape index (κ1) is 20.3. The van der Waals surface area contributed by atoms with E-state index in [2.05, 4.69) is 21.5 Å². The van der Waals surface area contributed by atoms with E-state index in [1.165, 1.54) is 0 Å². The average molecular weight is 428 g/mol. The molecule has 3 aromatic heterocycles. The number of nitrogens with zero attached hydrogens (tertiary/aromatic N) is 5. The molecule has 1 saturated carbocycles. The molecular weight excluding hydrogens is 404 g/mol. The minimum absolute atomic E-state index is 0.0567. The van der Waals surface area contributed by atoms with Gasteiger partial charge in [-0.3, -0.25) is 9.78 Å². The largest absolute Gasteiger partial charge is 0.376 e. The summed E-state index contributed by atoms with van der Waals surface area (Å²) in [4.78, 5) is 21.4. The molecule has 0 aromatic carbocycles. The van der Waals surface area contributed by atoms with Crippen molar-refractivity contribution in [1.82, 2.24) is 19.7 Å². The fourth-order valence-corrected chi connectivity index (χ4v) is 4.49. The summed E-state index contributed by atoms with van der Waals surface area (Å²) in [6, 6.07) is 11.5. The second-order valence-electron chi connectivity index (χ2n) is 8.30. The monoisotopic (exact) mass is 428 g/mol. The van der Waals surface area contributed by atoms with Crippen molar-refractivity contribution < 1.29 is 4.74 Å². The number of hydrogen-bond donors (Lipinski definition) is 1. The van der Waals surface area contributed by atoms with Crippen LogP contribution in [0.2, 0.25) is 0 Å². The number of ether oxygens (including phenoxy) is 1. The minimum atomic E-state index is -0.0839. The third-order valence-electron chi connectivity index (χ3n) is 6.22. The molecule has 1 aliphatic heterocycles. The molecule has 5 rings (SSSR count). The Kier molecular flexibility index (Phi) is 5.65. The van der Waals surface area contributed by atoms with Gasteiger partial charge in [-0.2, -0.15) is 10.4 Å². The quantitative estimate of drug-likeness (QED) is 0.680. The van der Waals surface area contributed by atoms with Crippen molar-refractivity contribution in [2.75, 3.05) is 11.9 Å². The molecule has 8 nitrogen and oxygen atoms in total. The summed E-state index contributed by atoms with van der Waals surface area (Å²) in [7, 11) is 0. The lowest BCUT2D eigenvalue weighted by molar-refractivity contribution is 0.109. The Labute approximate surface area is 185 Å². The zero-order valence-electron chi connectivity index (χ0n) is 17.7. The summed E-state index contributed by atoms with van der Waals surface area (Å²) in [6.45, 7) is 1.18. The fourth-order valence-electron chi connectivity index (χ4n) is 4.49. The van der Waals surface area contributed by atoms with Crippen LogP contribution in [0.1, 0.15) is 48.5 Å². The third-order valence-corrected chi connectivity index (χ3v) is 6.22. The van der Waals surface area contributed by atoms with Gasteiger partial charge in [0.05, 0.1) is 36.2 Å². The maximum Gasteiger partial charge on any atom is 0.267 e. The summed E-state index contributed by atoms with van der Waals surface area (Å²) in [5.41, 5.74) is 4.12. The normalized spacial score (nSPS) is 20.2. The van der Waals surface area contributed by atoms with Crippen LogP contribution in [0.25, 0.3) is 11.3 Å². The number of hydrogen-bond acceptors (Lipinski definition) is 7. The van der Waals surface area contributed by atoms with E-state index in [0.29, 0.717) is 24.6 Å². The Balaban J connectivity index is 1.29. The van der Waals surface area contributed by atoms with Crippen molar-refractivity contribution in [1.29, 1.82) is 5.26 Å². The number of fused-ring (bicyclic) bond motifs is 1. The molecule has 0 spiro atoms. The Morgan fingerprint density at radius 2 is 2.06 bits per heavy atom. The molecular formula is C24H24N6O2. The van der Waals surface area contributed by atoms with E-state index in [1.807, 2.05) is 18.2 Å². The Hall–Kier alpha value is -3.57. The highest BCUT2D eigenvalue weighted by Crippen LogP contribution is 2.30. The van der Waals surface area contributed by atoms with E-state index in [0.717, 1.165) is 54.6 Å². The molecule has 2 aliphatic rings. The van der Waals surface area contributed by atoms with Gasteiger partial charge < -0.3 is 10.1 Å². The summed E-state index contributed by atoms with van der Waals surface area (Å²) in [5.74, 6) is 0.658. The van der Waals surface area contributed by atoms with Crippen molar-refractivity contribution in [2.24, 2.45) is 0 Å². The lowest BCUT2D eigenvalue weighted by Gasteiger charge is -2.30. The molecule has 0 amide bonds. The van der Waals surface area contributed by atoms with Crippen molar-refractivity contribution in [2.45, 2.75) is 50.8 Å². The first-order chi connectivity index (χ1) is 15.7. The second kappa shape index (κ2) is 8.89. The van der Waals surface area contributed by atoms with Crippen molar-refractivity contribution >= 4 is 5.82 Å². The van der Waals surface area contributed by atoms with E-state index in [9.17, 15) is 10.1 Å². The Bertz CT molecular complexity index is 1210. The zero-order chi connectivity index (χ0) is 21.9. The molecule has 0 atom stereocenters. The van der Waals surface area contributed by atoms with E-state index in [1.54, 1.807) is 29.2 Å². The standard InChI is InChI=1S/C24H24N6O2/c25-13-17-12-18-15-32-11-9-21(18)28-24(17)27-19-3-5-20(6-4-19)30-23(31)8-7-22(29-30)16-2-1-10-26-14-16/h1-2,7-8,10,12,14,19-20H,3-6,9,11,15H2,(H,27,28). The maximum absolute atomic E-state index is 12.5. The van der Waals surface area contributed by atoms with Gasteiger partial charge in [0.2, 0.25) is 0 Å². The minimum Gasteiger partial charge on any atom is -0.376 e. The average Bonchev–Trinajstić information content (AvgIpc) is 2.85. The topological polar surface area (TPSA) is 106 Å². The van der Waals surface area contributed by atoms with Gasteiger partial charge in [-0.05, 0) is 49.9 Å². The molecule has 0 radical (unpaired) electrons. The molecule has 1 fully saturated rings. The van der Waals surface area contributed by atoms with Crippen LogP contribution >= 0.6 is 0 Å². The first-order valence-electron chi connectivity index (χ1n) is 11.0. The number of nitrogens with one attached hydrogen (secondary N) is 1. The predicted octanol–water partition coefficient (Wildman–Crippen LogP) is 3.24. The highest BCUT2D eigenvalue weighted by Gasteiger charge is 2.25. The van der Waals surface area contributed by atoms with Crippen LogP contribution in [0.4, 0.5) is 5.82 Å². The summed E-state index contributed by atoms with van der Waals surface area (Å²) in [5, 5.41) is 17.7. The van der Waals surface area contributed by atoms with Crippen LogP contribution in [0.3, 0.4) is 0 Å². The molecule has 1 N–H and O–H groups in total. The van der Waals surface area contributed by atoms with Crippen LogP contribution in [0.5, 0.6) is 0 Å². The SMILES string of the molecule is N#Cc1cc2c(nc1NC1CCC(n3nc(-c4cccnc4)ccc3=O)CC1)CCOC2. The Morgan fingerprint density at radius 1 is 1.19 bits per heavy atom. The van der Waals surface area contributed by atoms with E-state index in [-0.39, 0.29) is 17.6 Å². The maximum atomic E-state index is 12.5. The van der Waals surface area contributed by atoms with Gasteiger partial charge in [0, 0.05) is 42.0 Å². The molecule has 1 aliphatic carbocycles. The van der Waals surface area contributed by atoms with Gasteiger partial charge in [0.15, 0.2) is 0 Å². The van der Waals surface area contributed by atoms with Crippen LogP contribution in [0, 0.1) is 11.3 Å². The highest BCUT2D eigenvalue weighted by molar-refractivity contribution is 5.56. The Morgan fingerprint density at radius 3 is 2.84 bits per heavy atom. The molecule has 4 heterocycles. The van der Waals surface area contributed by atoms with Crippen molar-refractivity contribution in [3.63, 3.8) is 0 Å². The van der Waals surface area contributed by atoms with Crippen LogP contribution in [-0.4, -0.2) is 32.4 Å². The third kappa shape index (κ3) is 4.12. The zero-order valence-corrected chi connectivity index (χ0v) is 17.7. The molecule has 0 bridgehead atoms. The number of anilines is 1. The van der Waals surface area contributed by atoms with Crippen LogP contribution in [-0.2, 0) is 17.8 Å². The lowest BCUT2D eigenvalue weighted by Crippen LogP contribution is -2.33. The van der Waals surface area contributed by atoms with Gasteiger partial charge in [-0.1, -0.05) is 0 Å². The molecule has 32 heavy (non-hydrogen) atoms. The second-order valence-corrected chi connectivity index (χ2v) is 8.30. The van der Waals surface area contributed by atoms with Crippen LogP contribution in [0.15, 0.2) is 47.5 Å². The molecule has 0 unspecified atom stereocenters. The van der Waals surface area contributed by atoms with E-state index < -0.39 is 0 Å². The highest BCUT2D eigenvalue weighted by atomic mass is 16.5. The first-order valence-corrected chi connectivity index (χ1v) is 11.0. The van der Waals surface area contributed by atoms with Gasteiger partial charge >= 0.3 is 0 Å². The number of aromatic nitrogens is 4. The molecule has 0 saturated heterocycles. The van der Waals surface area contributed by atoms with Crippen LogP contribution < -0.4 is 10.9 Å². The van der Waals surface area contributed by atoms with E-state index >= 15 is 0 Å². The predicted molar refractivity (Wildman–Crippen MR) is 119 cm³/mol. The summed E-state index contributed by atoms with van der Waals surface area (Å²) < 4.78 is 7.10. The van der Waals surface area contributed by atoms with Crippen molar-refractivity contribution in [3.8, 4) is 17.3 Å². The number of rotatable bonds is 4. The molecule has 162 valence electrons. The number of nitriles is 1.